The third-order valence-corrected chi connectivity index (χ3v) is 5.94. The minimum Gasteiger partial charge on any atom is -0.502 e. The summed E-state index contributed by atoms with van der Waals surface area (Å²) in [6.45, 7) is 0.253. The molecule has 2 N–H and O–H groups in total. The number of phenols is 1. The van der Waals surface area contributed by atoms with E-state index in [-0.39, 0.29) is 31.0 Å². The molecule has 0 radical (unpaired) electrons. The molecule has 0 spiro atoms. The molecular formula is C21H20O8. The second-order valence-electron chi connectivity index (χ2n) is 7.31. The van der Waals surface area contributed by atoms with Crippen LogP contribution in [-0.4, -0.2) is 45.2 Å². The van der Waals surface area contributed by atoms with Crippen LogP contribution < -0.4 is 18.9 Å². The van der Waals surface area contributed by atoms with Crippen molar-refractivity contribution in [2.45, 2.75) is 12.5 Å². The van der Waals surface area contributed by atoms with Crippen LogP contribution in [0.25, 0.3) is 11.1 Å². The fourth-order valence-electron chi connectivity index (χ4n) is 4.49. The van der Waals surface area contributed by atoms with Gasteiger partial charge in [0, 0.05) is 11.5 Å². The van der Waals surface area contributed by atoms with Crippen LogP contribution in [0.2, 0.25) is 0 Å². The number of hydrogen-bond acceptors (Lipinski definition) is 8. The van der Waals surface area contributed by atoms with Crippen LogP contribution in [0.1, 0.15) is 17.2 Å². The minimum absolute atomic E-state index is 0.0540. The summed E-state index contributed by atoms with van der Waals surface area (Å²) >= 11 is 0. The van der Waals surface area contributed by atoms with E-state index in [1.54, 1.807) is 18.2 Å². The Hall–Kier alpha value is -3.13. The molecule has 1 aliphatic carbocycles. The first-order chi connectivity index (χ1) is 14.6. The fourth-order valence-corrected chi connectivity index (χ4v) is 4.49. The summed E-state index contributed by atoms with van der Waals surface area (Å²) in [6.07, 6.45) is -0.457. The van der Waals surface area contributed by atoms with Crippen molar-refractivity contribution in [3.63, 3.8) is 0 Å². The number of carbonyl (C=O) groups excluding carboxylic acids is 1. The van der Waals surface area contributed by atoms with Crippen LogP contribution in [0.4, 0.5) is 0 Å². The van der Waals surface area contributed by atoms with E-state index >= 15 is 0 Å². The summed E-state index contributed by atoms with van der Waals surface area (Å²) in [5, 5.41) is 15.7. The molecular weight excluding hydrogens is 380 g/mol. The van der Waals surface area contributed by atoms with Crippen LogP contribution in [0.3, 0.4) is 0 Å². The number of esters is 1. The van der Waals surface area contributed by atoms with Crippen molar-refractivity contribution in [2.24, 2.45) is 11.8 Å². The number of aromatic hydroxyl groups is 1. The zero-order valence-electron chi connectivity index (χ0n) is 16.9. The maximum Gasteiger partial charge on any atom is 0.309 e. The smallest absolute Gasteiger partial charge is 0.309 e. The van der Waals surface area contributed by atoms with Gasteiger partial charge in [-0.3, -0.25) is 4.79 Å². The van der Waals surface area contributed by atoms with E-state index in [0.29, 0.717) is 46.1 Å². The largest absolute Gasteiger partial charge is 0.502 e. The zero-order chi connectivity index (χ0) is 21.0. The highest BCUT2D eigenvalue weighted by molar-refractivity contribution is 5.84. The number of methoxy groups -OCH3 is 2. The lowest BCUT2D eigenvalue weighted by Crippen LogP contribution is -2.30. The molecule has 2 aromatic carbocycles. The quantitative estimate of drug-likeness (QED) is 0.750. The van der Waals surface area contributed by atoms with Gasteiger partial charge in [0.25, 0.3) is 1.43 Å². The van der Waals surface area contributed by atoms with Gasteiger partial charge in [-0.15, -0.1) is 0 Å². The van der Waals surface area contributed by atoms with Crippen LogP contribution in [0, 0.1) is 11.8 Å². The van der Waals surface area contributed by atoms with E-state index in [1.165, 1.54) is 14.2 Å². The van der Waals surface area contributed by atoms with Gasteiger partial charge in [-0.2, -0.15) is 0 Å². The Bertz CT molecular complexity index is 1010. The number of rotatable bonds is 4. The number of fused-ring (bicyclic) bond motifs is 3. The maximum absolute atomic E-state index is 12.3. The Balaban J connectivity index is 1.76. The third kappa shape index (κ3) is 2.52. The molecule has 1 saturated heterocycles. The molecule has 8 nitrogen and oxygen atoms in total. The Morgan fingerprint density at radius 2 is 1.90 bits per heavy atom. The molecule has 3 atom stereocenters. The highest BCUT2D eigenvalue weighted by atomic mass is 16.7. The van der Waals surface area contributed by atoms with Gasteiger partial charge >= 0.3 is 5.97 Å². The molecule has 3 unspecified atom stereocenters. The van der Waals surface area contributed by atoms with Crippen molar-refractivity contribution >= 4 is 5.97 Å². The summed E-state index contributed by atoms with van der Waals surface area (Å²) in [6, 6.07) is 5.19. The number of aliphatic hydroxyl groups excluding tert-OH is 1. The van der Waals surface area contributed by atoms with Gasteiger partial charge in [-0.1, -0.05) is 0 Å². The fraction of sp³-hybridized carbons (Fsp3) is 0.381. The van der Waals surface area contributed by atoms with Gasteiger partial charge in [-0.25, -0.2) is 0 Å². The molecule has 0 bridgehead atoms. The normalized spacial score (nSPS) is 24.3. The molecule has 0 amide bonds. The number of aliphatic hydroxyl groups is 1. The van der Waals surface area contributed by atoms with Gasteiger partial charge in [0.05, 0.1) is 32.8 Å². The molecule has 8 heteroatoms. The van der Waals surface area contributed by atoms with Gasteiger partial charge in [-0.05, 0) is 41.3 Å². The summed E-state index contributed by atoms with van der Waals surface area (Å²) in [4.78, 5) is 12.3. The highest BCUT2D eigenvalue weighted by Gasteiger charge is 2.47. The molecule has 152 valence electrons. The number of carbonyl (C=O) groups is 1. The first-order valence-electron chi connectivity index (χ1n) is 9.67. The predicted molar refractivity (Wildman–Crippen MR) is 99.4 cm³/mol. The van der Waals surface area contributed by atoms with Crippen LogP contribution in [-0.2, 0) is 16.0 Å². The second kappa shape index (κ2) is 6.45. The van der Waals surface area contributed by atoms with Crippen molar-refractivity contribution in [3.05, 3.63) is 29.3 Å². The van der Waals surface area contributed by atoms with Gasteiger partial charge in [0.1, 0.15) is 0 Å². The number of hydrogen-bond donors (Lipinski definition) is 2. The summed E-state index contributed by atoms with van der Waals surface area (Å²) in [5.41, 5.74) is 2.83. The van der Waals surface area contributed by atoms with E-state index in [2.05, 4.69) is 5.11 Å². The molecule has 2 aliphatic heterocycles. The SMILES string of the molecule is [3H]Oc1c(OC)cc(-c2c3c(cc4c2OCO4)C(O)C2COC(=O)C2C3)cc1OC. The lowest BCUT2D eigenvalue weighted by molar-refractivity contribution is -0.141. The first kappa shape index (κ1) is 16.8. The average molecular weight is 402 g/mol. The Kier molecular flexibility index (Phi) is 3.73. The van der Waals surface area contributed by atoms with Gasteiger partial charge in [0.15, 0.2) is 23.0 Å². The third-order valence-electron chi connectivity index (χ3n) is 5.94. The molecule has 0 saturated carbocycles. The summed E-state index contributed by atoms with van der Waals surface area (Å²) in [5.74, 6) is 0.772. The van der Waals surface area contributed by atoms with Crippen molar-refractivity contribution in [2.75, 3.05) is 27.6 Å². The van der Waals surface area contributed by atoms with Gasteiger partial charge in [0.2, 0.25) is 12.5 Å². The molecule has 29 heavy (non-hydrogen) atoms. The van der Waals surface area contributed by atoms with Crippen LogP contribution >= 0.6 is 0 Å². The van der Waals surface area contributed by atoms with Crippen LogP contribution in [0.5, 0.6) is 28.7 Å². The monoisotopic (exact) mass is 402 g/mol. The van der Waals surface area contributed by atoms with Crippen molar-refractivity contribution in [3.8, 4) is 39.9 Å². The maximum atomic E-state index is 12.3. The van der Waals surface area contributed by atoms with E-state index in [4.69, 9.17) is 25.1 Å². The molecule has 2 aromatic rings. The van der Waals surface area contributed by atoms with Gasteiger partial charge < -0.3 is 33.9 Å². The lowest BCUT2D eigenvalue weighted by Gasteiger charge is -2.31. The molecule has 2 heterocycles. The molecule has 1 fully saturated rings. The van der Waals surface area contributed by atoms with Crippen molar-refractivity contribution in [1.82, 2.24) is 0 Å². The van der Waals surface area contributed by atoms with E-state index in [9.17, 15) is 9.90 Å². The van der Waals surface area contributed by atoms with Crippen molar-refractivity contribution in [1.29, 1.82) is 1.43 Å². The minimum atomic E-state index is -0.863. The Labute approximate surface area is 168 Å². The van der Waals surface area contributed by atoms with E-state index in [1.807, 2.05) is 0 Å². The predicted octanol–water partition coefficient (Wildman–Crippen LogP) is 2.18. The highest BCUT2D eigenvalue weighted by Crippen LogP contribution is 2.54. The standard InChI is InChI=1S/C21H20O8/c1-25-14-3-9(4-15(26-2)19(14)23)17-10-5-12-13(7-27-21(12)24)18(22)11(10)6-16-20(17)29-8-28-16/h3-4,6,12-13,18,22-23H,5,7-8H2,1-2H3/i/hT. The molecule has 3 aliphatic rings. The lowest BCUT2D eigenvalue weighted by atomic mass is 9.73. The van der Waals surface area contributed by atoms with E-state index < -0.39 is 12.0 Å². The molecule has 5 rings (SSSR count). The Morgan fingerprint density at radius 3 is 2.59 bits per heavy atom. The number of ether oxygens (including phenoxy) is 5. The average Bonchev–Trinajstić information content (AvgIpc) is 3.38. The zero-order valence-corrected chi connectivity index (χ0v) is 15.9. The first-order valence-corrected chi connectivity index (χ1v) is 9.27. The second-order valence-corrected chi connectivity index (χ2v) is 7.31. The van der Waals surface area contributed by atoms with Crippen molar-refractivity contribution < 1.29 is 38.7 Å². The molecule has 0 aromatic heterocycles. The topological polar surface area (TPSA) is 104 Å². The van der Waals surface area contributed by atoms with Crippen LogP contribution in [0.15, 0.2) is 18.2 Å². The number of phenolic OH excluding ortho intramolecular Hbond substituents is 1. The number of benzene rings is 2. The number of cyclic esters (lactones) is 1. The summed E-state index contributed by atoms with van der Waals surface area (Å²) < 4.78 is 34.7. The van der Waals surface area contributed by atoms with E-state index in [0.717, 1.165) is 5.56 Å². The Morgan fingerprint density at radius 1 is 1.14 bits per heavy atom. The summed E-state index contributed by atoms with van der Waals surface area (Å²) in [7, 11) is 2.93.